The van der Waals surface area contributed by atoms with Gasteiger partial charge in [-0.15, -0.1) is 21.5 Å². The molecule has 7 nitrogen and oxygen atoms in total. The number of thiophene rings is 1. The summed E-state index contributed by atoms with van der Waals surface area (Å²) < 4.78 is 6.57. The Balaban J connectivity index is 1.69. The molecule has 1 amide bonds. The Kier molecular flexibility index (Phi) is 7.41. The van der Waals surface area contributed by atoms with Gasteiger partial charge in [-0.05, 0) is 30.7 Å². The molecule has 2 heterocycles. The van der Waals surface area contributed by atoms with E-state index in [4.69, 9.17) is 27.9 Å². The molecule has 0 unspecified atom stereocenters. The zero-order chi connectivity index (χ0) is 21.8. The third-order valence-corrected chi connectivity index (χ3v) is 7.09. The van der Waals surface area contributed by atoms with Crippen LogP contribution in [0.2, 0.25) is 10.0 Å². The number of carbonyl (C=O) groups excluding carboxylic acids is 2. The van der Waals surface area contributed by atoms with Gasteiger partial charge in [0, 0.05) is 17.5 Å². The van der Waals surface area contributed by atoms with Crippen LogP contribution in [0.1, 0.15) is 22.2 Å². The molecule has 30 heavy (non-hydrogen) atoms. The average Bonchev–Trinajstić information content (AvgIpc) is 3.31. The zero-order valence-corrected chi connectivity index (χ0v) is 19.5. The number of aromatic nitrogens is 3. The minimum Gasteiger partial charge on any atom is -0.465 e. The van der Waals surface area contributed by atoms with E-state index in [0.717, 1.165) is 16.9 Å². The average molecular weight is 485 g/mol. The van der Waals surface area contributed by atoms with Crippen molar-refractivity contribution >= 4 is 63.2 Å². The Morgan fingerprint density at radius 3 is 2.67 bits per heavy atom. The normalized spacial score (nSPS) is 10.8. The molecule has 0 bridgehead atoms. The third-order valence-electron chi connectivity index (χ3n) is 4.13. The number of aryl methyl sites for hydroxylation is 1. The van der Waals surface area contributed by atoms with Crippen LogP contribution in [0, 0.1) is 0 Å². The van der Waals surface area contributed by atoms with Gasteiger partial charge in [0.25, 0.3) is 0 Å². The Labute approximate surface area is 191 Å². The van der Waals surface area contributed by atoms with Crippen LogP contribution in [0.5, 0.6) is 0 Å². The van der Waals surface area contributed by atoms with Crippen LogP contribution >= 0.6 is 46.3 Å². The number of ether oxygens (including phenoxy) is 1. The second-order valence-corrected chi connectivity index (χ2v) is 9.03. The van der Waals surface area contributed by atoms with E-state index in [1.807, 2.05) is 6.92 Å². The molecule has 0 saturated carbocycles. The molecule has 0 radical (unpaired) electrons. The Morgan fingerprint density at radius 1 is 1.23 bits per heavy atom. The number of esters is 1. The van der Waals surface area contributed by atoms with Crippen molar-refractivity contribution in [2.24, 2.45) is 7.05 Å². The lowest BCUT2D eigenvalue weighted by Gasteiger charge is -2.06. The van der Waals surface area contributed by atoms with E-state index in [2.05, 4.69) is 15.5 Å². The second-order valence-electron chi connectivity index (χ2n) is 6.13. The highest BCUT2D eigenvalue weighted by molar-refractivity contribution is 7.99. The summed E-state index contributed by atoms with van der Waals surface area (Å²) in [4.78, 5) is 25.4. The van der Waals surface area contributed by atoms with E-state index in [0.29, 0.717) is 31.6 Å². The molecule has 0 aliphatic rings. The number of hydrogen-bond acceptors (Lipinski definition) is 7. The maximum Gasteiger partial charge on any atom is 0.340 e. The molecule has 0 fully saturated rings. The molecule has 0 spiro atoms. The number of methoxy groups -OCH3 is 1. The molecule has 1 N–H and O–H groups in total. The lowest BCUT2D eigenvalue weighted by molar-refractivity contribution is -0.113. The third kappa shape index (κ3) is 4.97. The summed E-state index contributed by atoms with van der Waals surface area (Å²) in [5.74, 6) is -0.0228. The predicted molar refractivity (Wildman–Crippen MR) is 121 cm³/mol. The predicted octanol–water partition coefficient (Wildman–Crippen LogP) is 4.93. The summed E-state index contributed by atoms with van der Waals surface area (Å²) in [6.45, 7) is 1.98. The summed E-state index contributed by atoms with van der Waals surface area (Å²) in [6.07, 6.45) is 0.760. The standard InChI is InChI=1S/C19H18Cl2N4O3S2/c1-4-11-8-12(18(27)28-3)17(30-11)22-15(26)9-29-19-24-23-16(25(19)2)10-5-6-13(20)14(21)7-10/h5-8H,4,9H2,1-3H3,(H,22,26). The maximum atomic E-state index is 12.4. The largest absolute Gasteiger partial charge is 0.465 e. The number of thioether (sulfide) groups is 1. The Bertz CT molecular complexity index is 1100. The van der Waals surface area contributed by atoms with Gasteiger partial charge in [-0.25, -0.2) is 4.79 Å². The van der Waals surface area contributed by atoms with E-state index in [1.165, 1.54) is 30.2 Å². The summed E-state index contributed by atoms with van der Waals surface area (Å²) in [6, 6.07) is 6.95. The van der Waals surface area contributed by atoms with Crippen molar-refractivity contribution in [3.8, 4) is 11.4 Å². The van der Waals surface area contributed by atoms with Crippen molar-refractivity contribution in [3.63, 3.8) is 0 Å². The van der Waals surface area contributed by atoms with Crippen LogP contribution in [0.15, 0.2) is 29.4 Å². The fourth-order valence-electron chi connectivity index (χ4n) is 2.59. The van der Waals surface area contributed by atoms with Gasteiger partial charge in [0.1, 0.15) is 5.00 Å². The van der Waals surface area contributed by atoms with Crippen molar-refractivity contribution in [3.05, 3.63) is 44.8 Å². The molecule has 2 aromatic heterocycles. The summed E-state index contributed by atoms with van der Waals surface area (Å²) in [5, 5.41) is 13.1. The number of hydrogen-bond donors (Lipinski definition) is 1. The first-order valence-electron chi connectivity index (χ1n) is 8.82. The van der Waals surface area contributed by atoms with Crippen molar-refractivity contribution in [1.82, 2.24) is 14.8 Å². The number of benzene rings is 1. The molecule has 0 atom stereocenters. The molecule has 3 aromatic rings. The summed E-state index contributed by atoms with van der Waals surface area (Å²) in [7, 11) is 3.12. The van der Waals surface area contributed by atoms with Gasteiger partial charge in [-0.3, -0.25) is 4.79 Å². The number of nitrogens with one attached hydrogen (secondary N) is 1. The lowest BCUT2D eigenvalue weighted by atomic mass is 10.2. The van der Waals surface area contributed by atoms with Crippen LogP contribution in [0.4, 0.5) is 5.00 Å². The highest BCUT2D eigenvalue weighted by atomic mass is 35.5. The van der Waals surface area contributed by atoms with E-state index in [9.17, 15) is 9.59 Å². The Morgan fingerprint density at radius 2 is 2.00 bits per heavy atom. The van der Waals surface area contributed by atoms with Crippen LogP contribution < -0.4 is 5.32 Å². The second kappa shape index (κ2) is 9.82. The SMILES string of the molecule is CCc1cc(C(=O)OC)c(NC(=O)CSc2nnc(-c3ccc(Cl)c(Cl)c3)n2C)s1. The molecule has 1 aromatic carbocycles. The van der Waals surface area contributed by atoms with Gasteiger partial charge in [-0.2, -0.15) is 0 Å². The minimum atomic E-state index is -0.478. The number of nitrogens with zero attached hydrogens (tertiary/aromatic N) is 3. The van der Waals surface area contributed by atoms with Gasteiger partial charge in [0.2, 0.25) is 5.91 Å². The Hall–Kier alpha value is -2.07. The van der Waals surface area contributed by atoms with Crippen LogP contribution in [0.25, 0.3) is 11.4 Å². The first-order valence-corrected chi connectivity index (χ1v) is 11.4. The quantitative estimate of drug-likeness (QED) is 0.377. The van der Waals surface area contributed by atoms with Crippen molar-refractivity contribution in [2.75, 3.05) is 18.2 Å². The lowest BCUT2D eigenvalue weighted by Crippen LogP contribution is -2.16. The van der Waals surface area contributed by atoms with Gasteiger partial charge in [0.05, 0.1) is 28.5 Å². The number of carbonyl (C=O) groups is 2. The summed E-state index contributed by atoms with van der Waals surface area (Å²) in [5.41, 5.74) is 1.13. The fourth-order valence-corrected chi connectivity index (χ4v) is 4.60. The fraction of sp³-hybridized carbons (Fsp3) is 0.263. The molecule has 158 valence electrons. The number of rotatable bonds is 7. The highest BCUT2D eigenvalue weighted by Gasteiger charge is 2.19. The number of amides is 1. The van der Waals surface area contributed by atoms with Crippen molar-refractivity contribution in [2.45, 2.75) is 18.5 Å². The van der Waals surface area contributed by atoms with E-state index in [1.54, 1.807) is 35.9 Å². The number of anilines is 1. The first kappa shape index (κ1) is 22.6. The van der Waals surface area contributed by atoms with Crippen molar-refractivity contribution < 1.29 is 14.3 Å². The highest BCUT2D eigenvalue weighted by Crippen LogP contribution is 2.31. The molecule has 0 aliphatic heterocycles. The topological polar surface area (TPSA) is 86.1 Å². The van der Waals surface area contributed by atoms with Crippen LogP contribution in [-0.2, 0) is 23.0 Å². The van der Waals surface area contributed by atoms with Gasteiger partial charge in [-0.1, -0.05) is 41.9 Å². The molecule has 0 aliphatic carbocycles. The van der Waals surface area contributed by atoms with Crippen molar-refractivity contribution in [1.29, 1.82) is 0 Å². The molecule has 3 rings (SSSR count). The van der Waals surface area contributed by atoms with Crippen LogP contribution in [0.3, 0.4) is 0 Å². The van der Waals surface area contributed by atoms with Gasteiger partial charge < -0.3 is 14.6 Å². The van der Waals surface area contributed by atoms with Gasteiger partial charge in [0.15, 0.2) is 11.0 Å². The smallest absolute Gasteiger partial charge is 0.340 e. The monoisotopic (exact) mass is 484 g/mol. The number of halogens is 2. The van der Waals surface area contributed by atoms with Gasteiger partial charge >= 0.3 is 5.97 Å². The molecular formula is C19H18Cl2N4O3S2. The maximum absolute atomic E-state index is 12.4. The zero-order valence-electron chi connectivity index (χ0n) is 16.4. The van der Waals surface area contributed by atoms with Crippen LogP contribution in [-0.4, -0.2) is 39.5 Å². The molecular weight excluding hydrogens is 467 g/mol. The first-order chi connectivity index (χ1) is 14.3. The van der Waals surface area contributed by atoms with E-state index < -0.39 is 5.97 Å². The minimum absolute atomic E-state index is 0.104. The van der Waals surface area contributed by atoms with E-state index in [-0.39, 0.29) is 11.7 Å². The van der Waals surface area contributed by atoms with E-state index >= 15 is 0 Å². The molecule has 11 heteroatoms. The molecule has 0 saturated heterocycles. The summed E-state index contributed by atoms with van der Waals surface area (Å²) >= 11 is 14.6.